The van der Waals surface area contributed by atoms with Gasteiger partial charge in [-0.15, -0.1) is 0 Å². The fourth-order valence-corrected chi connectivity index (χ4v) is 2.49. The maximum absolute atomic E-state index is 12.3. The highest BCUT2D eigenvalue weighted by molar-refractivity contribution is 5.98. The van der Waals surface area contributed by atoms with Gasteiger partial charge in [-0.05, 0) is 54.4 Å². The third-order valence-corrected chi connectivity index (χ3v) is 3.89. The van der Waals surface area contributed by atoms with Crippen molar-refractivity contribution in [3.8, 4) is 11.5 Å². The molecule has 0 aromatic heterocycles. The fraction of sp³-hybridized carbons (Fsp3) is 0.300. The van der Waals surface area contributed by atoms with E-state index in [1.165, 1.54) is 0 Å². The molecule has 0 aliphatic carbocycles. The first-order valence-corrected chi connectivity index (χ1v) is 7.88. The van der Waals surface area contributed by atoms with Crippen molar-refractivity contribution in [1.82, 2.24) is 0 Å². The number of carbonyl (C=O) groups is 2. The van der Waals surface area contributed by atoms with Crippen molar-refractivity contribution < 1.29 is 19.1 Å². The second-order valence-electron chi connectivity index (χ2n) is 5.82. The van der Waals surface area contributed by atoms with Gasteiger partial charge in [0.2, 0.25) is 0 Å². The molecule has 0 fully saturated rings. The molecule has 0 aliphatic heterocycles. The summed E-state index contributed by atoms with van der Waals surface area (Å²) in [5, 5.41) is 0. The maximum atomic E-state index is 12.3. The smallest absolute Gasteiger partial charge is 0.163 e. The van der Waals surface area contributed by atoms with E-state index in [9.17, 15) is 9.59 Å². The summed E-state index contributed by atoms with van der Waals surface area (Å²) in [4.78, 5) is 24.6. The topological polar surface area (TPSA) is 52.6 Å². The van der Waals surface area contributed by atoms with Crippen LogP contribution < -0.4 is 9.47 Å². The molecule has 4 nitrogen and oxygen atoms in total. The van der Waals surface area contributed by atoms with Gasteiger partial charge in [0.15, 0.2) is 11.6 Å². The number of Topliss-reactive ketones (excluding diaryl/α,β-unsaturated/α-hetero) is 2. The Morgan fingerprint density at radius 3 is 1.38 bits per heavy atom. The second kappa shape index (κ2) is 8.29. The van der Waals surface area contributed by atoms with Gasteiger partial charge in [0.25, 0.3) is 0 Å². The average Bonchev–Trinajstić information content (AvgIpc) is 2.61. The summed E-state index contributed by atoms with van der Waals surface area (Å²) in [5.41, 5.74) is 1.28. The van der Waals surface area contributed by atoms with Gasteiger partial charge in [-0.25, -0.2) is 0 Å². The number of ether oxygens (including phenoxy) is 2. The number of hydrogen-bond donors (Lipinski definition) is 0. The van der Waals surface area contributed by atoms with Crippen molar-refractivity contribution in [3.05, 3.63) is 59.7 Å². The molecule has 0 saturated heterocycles. The molecule has 0 aliphatic rings. The molecule has 24 heavy (non-hydrogen) atoms. The number of hydrogen-bond acceptors (Lipinski definition) is 4. The molecule has 0 unspecified atom stereocenters. The Morgan fingerprint density at radius 2 is 1.08 bits per heavy atom. The van der Waals surface area contributed by atoms with E-state index in [2.05, 4.69) is 0 Å². The van der Waals surface area contributed by atoms with Crippen LogP contribution in [0.2, 0.25) is 0 Å². The zero-order chi connectivity index (χ0) is 17.5. The number of benzene rings is 2. The summed E-state index contributed by atoms with van der Waals surface area (Å²) >= 11 is 0. The molecule has 0 radical (unpaired) electrons. The van der Waals surface area contributed by atoms with Crippen LogP contribution in [-0.2, 0) is 0 Å². The van der Waals surface area contributed by atoms with Gasteiger partial charge in [0.1, 0.15) is 11.5 Å². The lowest BCUT2D eigenvalue weighted by Gasteiger charge is -2.10. The minimum Gasteiger partial charge on any atom is -0.497 e. The Bertz CT molecular complexity index is 625. The Labute approximate surface area is 142 Å². The van der Waals surface area contributed by atoms with E-state index in [-0.39, 0.29) is 17.5 Å². The third-order valence-electron chi connectivity index (χ3n) is 3.89. The Hall–Kier alpha value is -2.62. The number of carbonyl (C=O) groups excluding carboxylic acids is 2. The van der Waals surface area contributed by atoms with Crippen molar-refractivity contribution in [2.75, 3.05) is 14.2 Å². The molecular formula is C20H22O4. The van der Waals surface area contributed by atoms with Crippen LogP contribution in [0.1, 0.15) is 40.5 Å². The number of rotatable bonds is 8. The van der Waals surface area contributed by atoms with Gasteiger partial charge in [-0.3, -0.25) is 9.59 Å². The summed E-state index contributed by atoms with van der Waals surface area (Å²) in [6.45, 7) is 1.92. The summed E-state index contributed by atoms with van der Waals surface area (Å²) in [6.07, 6.45) is 0.683. The first kappa shape index (κ1) is 17.7. The van der Waals surface area contributed by atoms with E-state index in [1.807, 2.05) is 6.92 Å². The van der Waals surface area contributed by atoms with Crippen molar-refractivity contribution in [1.29, 1.82) is 0 Å². The standard InChI is InChI=1S/C20H22O4/c1-14(12-19(21)15-4-8-17(23-2)9-5-15)13-20(22)16-6-10-18(24-3)11-7-16/h4-11,14H,12-13H2,1-3H3. The fourth-order valence-electron chi connectivity index (χ4n) is 2.49. The molecular weight excluding hydrogens is 304 g/mol. The zero-order valence-electron chi connectivity index (χ0n) is 14.2. The molecule has 0 amide bonds. The van der Waals surface area contributed by atoms with E-state index in [1.54, 1.807) is 62.8 Å². The quantitative estimate of drug-likeness (QED) is 0.683. The van der Waals surface area contributed by atoms with Gasteiger partial charge in [0, 0.05) is 24.0 Å². The van der Waals surface area contributed by atoms with Gasteiger partial charge < -0.3 is 9.47 Å². The van der Waals surface area contributed by atoms with E-state index in [0.29, 0.717) is 35.5 Å². The zero-order valence-corrected chi connectivity index (χ0v) is 14.2. The molecule has 0 spiro atoms. The molecule has 0 atom stereocenters. The van der Waals surface area contributed by atoms with E-state index in [4.69, 9.17) is 9.47 Å². The minimum absolute atomic E-state index is 0.0193. The molecule has 0 saturated carbocycles. The first-order valence-electron chi connectivity index (χ1n) is 7.88. The molecule has 2 rings (SSSR count). The maximum Gasteiger partial charge on any atom is 0.163 e. The third kappa shape index (κ3) is 4.69. The van der Waals surface area contributed by atoms with Gasteiger partial charge >= 0.3 is 0 Å². The van der Waals surface area contributed by atoms with Crippen molar-refractivity contribution in [3.63, 3.8) is 0 Å². The lowest BCUT2D eigenvalue weighted by atomic mass is 9.93. The van der Waals surface area contributed by atoms with Gasteiger partial charge in [-0.2, -0.15) is 0 Å². The van der Waals surface area contributed by atoms with Crippen molar-refractivity contribution in [2.45, 2.75) is 19.8 Å². The van der Waals surface area contributed by atoms with E-state index >= 15 is 0 Å². The molecule has 4 heteroatoms. The lowest BCUT2D eigenvalue weighted by Crippen LogP contribution is -2.11. The van der Waals surface area contributed by atoms with Crippen molar-refractivity contribution in [2.24, 2.45) is 5.92 Å². The second-order valence-corrected chi connectivity index (χ2v) is 5.82. The van der Waals surface area contributed by atoms with Crippen LogP contribution in [0.4, 0.5) is 0 Å². The minimum atomic E-state index is -0.0193. The van der Waals surface area contributed by atoms with Crippen LogP contribution in [0, 0.1) is 5.92 Å². The summed E-state index contributed by atoms with van der Waals surface area (Å²) in [6, 6.07) is 14.1. The summed E-state index contributed by atoms with van der Waals surface area (Å²) in [7, 11) is 3.17. The Morgan fingerprint density at radius 1 is 0.750 bits per heavy atom. The highest BCUT2D eigenvalue weighted by Crippen LogP contribution is 2.19. The molecule has 0 bridgehead atoms. The average molecular weight is 326 g/mol. The molecule has 0 N–H and O–H groups in total. The normalized spacial score (nSPS) is 10.5. The monoisotopic (exact) mass is 326 g/mol. The predicted octanol–water partition coefficient (Wildman–Crippen LogP) is 4.19. The highest BCUT2D eigenvalue weighted by Gasteiger charge is 2.16. The SMILES string of the molecule is COc1ccc(C(=O)CC(C)CC(=O)c2ccc(OC)cc2)cc1. The van der Waals surface area contributed by atoms with Crippen LogP contribution in [-0.4, -0.2) is 25.8 Å². The summed E-state index contributed by atoms with van der Waals surface area (Å²) < 4.78 is 10.2. The van der Waals surface area contributed by atoms with Crippen LogP contribution in [0.15, 0.2) is 48.5 Å². The molecule has 126 valence electrons. The van der Waals surface area contributed by atoms with Gasteiger partial charge in [0.05, 0.1) is 14.2 Å². The van der Waals surface area contributed by atoms with Crippen LogP contribution in [0.5, 0.6) is 11.5 Å². The van der Waals surface area contributed by atoms with Gasteiger partial charge in [-0.1, -0.05) is 6.92 Å². The molecule has 0 heterocycles. The highest BCUT2D eigenvalue weighted by atomic mass is 16.5. The number of ketones is 2. The first-order chi connectivity index (χ1) is 11.5. The lowest BCUT2D eigenvalue weighted by molar-refractivity contribution is 0.0928. The largest absolute Gasteiger partial charge is 0.497 e. The van der Waals surface area contributed by atoms with Crippen LogP contribution in [0.3, 0.4) is 0 Å². The predicted molar refractivity (Wildman–Crippen MR) is 93.0 cm³/mol. The van der Waals surface area contributed by atoms with E-state index in [0.717, 1.165) is 0 Å². The summed E-state index contributed by atoms with van der Waals surface area (Å²) in [5.74, 6) is 1.48. The van der Waals surface area contributed by atoms with E-state index < -0.39 is 0 Å². The Balaban J connectivity index is 1.92. The van der Waals surface area contributed by atoms with Crippen LogP contribution >= 0.6 is 0 Å². The number of methoxy groups -OCH3 is 2. The molecule has 2 aromatic rings. The molecule has 2 aromatic carbocycles. The van der Waals surface area contributed by atoms with Crippen molar-refractivity contribution >= 4 is 11.6 Å². The Kier molecular flexibility index (Phi) is 6.13. The van der Waals surface area contributed by atoms with Crippen LogP contribution in [0.25, 0.3) is 0 Å².